The summed E-state index contributed by atoms with van der Waals surface area (Å²) in [6.45, 7) is 2.39. The van der Waals surface area contributed by atoms with E-state index in [0.717, 1.165) is 31.7 Å². The molecule has 1 aliphatic rings. The lowest BCUT2D eigenvalue weighted by atomic mass is 9.91. The minimum absolute atomic E-state index is 0.0130. The zero-order valence-corrected chi connectivity index (χ0v) is 17.2. The molecule has 1 amide bonds. The largest absolute Gasteiger partial charge is 0.365 e. The quantitative estimate of drug-likeness (QED) is 0.477. The van der Waals surface area contributed by atoms with E-state index < -0.39 is 17.7 Å². The van der Waals surface area contributed by atoms with Crippen LogP contribution in [0.3, 0.4) is 0 Å². The van der Waals surface area contributed by atoms with Crippen LogP contribution in [-0.2, 0) is 6.54 Å². The van der Waals surface area contributed by atoms with Crippen molar-refractivity contribution < 1.29 is 13.6 Å². The third kappa shape index (κ3) is 4.15. The van der Waals surface area contributed by atoms with Crippen molar-refractivity contribution in [3.8, 4) is 0 Å². The zero-order valence-electron chi connectivity index (χ0n) is 17.2. The number of nitrogens with two attached hydrogens (primary N) is 2. The van der Waals surface area contributed by atoms with Crippen LogP contribution >= 0.6 is 0 Å². The first-order valence-electron chi connectivity index (χ1n) is 10.3. The van der Waals surface area contributed by atoms with Crippen LogP contribution in [0.1, 0.15) is 43.0 Å². The molecule has 1 fully saturated rings. The van der Waals surface area contributed by atoms with Gasteiger partial charge < -0.3 is 22.1 Å². The second-order valence-corrected chi connectivity index (χ2v) is 7.74. The van der Waals surface area contributed by atoms with Gasteiger partial charge in [0.1, 0.15) is 5.82 Å². The fourth-order valence-electron chi connectivity index (χ4n) is 3.98. The molecule has 2 heterocycles. The predicted octanol–water partition coefficient (Wildman–Crippen LogP) is 3.25. The van der Waals surface area contributed by atoms with Gasteiger partial charge >= 0.3 is 0 Å². The molecule has 4 rings (SSSR count). The monoisotopic (exact) mass is 429 g/mol. The number of halogens is 2. The summed E-state index contributed by atoms with van der Waals surface area (Å²) in [5.41, 5.74) is 12.6. The minimum Gasteiger partial charge on any atom is -0.365 e. The first-order valence-corrected chi connectivity index (χ1v) is 10.3. The van der Waals surface area contributed by atoms with Gasteiger partial charge in [-0.3, -0.25) is 9.48 Å². The van der Waals surface area contributed by atoms with Crippen molar-refractivity contribution in [1.82, 2.24) is 14.8 Å². The van der Waals surface area contributed by atoms with Gasteiger partial charge in [0.2, 0.25) is 5.95 Å². The van der Waals surface area contributed by atoms with Crippen molar-refractivity contribution >= 4 is 34.1 Å². The number of pyridine rings is 1. The Kier molecular flexibility index (Phi) is 5.73. The van der Waals surface area contributed by atoms with Gasteiger partial charge in [0.05, 0.1) is 16.5 Å². The molecule has 31 heavy (non-hydrogen) atoms. The number of aryl methyl sites for hydroxylation is 1. The Morgan fingerprint density at radius 1 is 1.23 bits per heavy atom. The summed E-state index contributed by atoms with van der Waals surface area (Å²) in [4.78, 5) is 16.2. The molecule has 1 aliphatic carbocycles. The summed E-state index contributed by atoms with van der Waals surface area (Å²) in [5, 5.41) is 10.2. The average molecular weight is 429 g/mol. The first-order chi connectivity index (χ1) is 14.9. The second kappa shape index (κ2) is 8.46. The van der Waals surface area contributed by atoms with Gasteiger partial charge in [-0.1, -0.05) is 12.8 Å². The number of anilines is 3. The highest BCUT2D eigenvalue weighted by molar-refractivity contribution is 5.99. The molecule has 2 atom stereocenters. The number of rotatable bonds is 6. The smallest absolute Gasteiger partial charge is 0.252 e. The lowest BCUT2D eigenvalue weighted by molar-refractivity contribution is 0.100. The van der Waals surface area contributed by atoms with E-state index in [1.165, 1.54) is 0 Å². The molecule has 0 radical (unpaired) electrons. The van der Waals surface area contributed by atoms with Crippen molar-refractivity contribution in [1.29, 1.82) is 0 Å². The zero-order chi connectivity index (χ0) is 22.1. The fourth-order valence-corrected chi connectivity index (χ4v) is 3.98. The second-order valence-electron chi connectivity index (χ2n) is 7.74. The van der Waals surface area contributed by atoms with Crippen LogP contribution in [0, 0.1) is 11.8 Å². The standard InChI is InChI=1S/C21H25F2N7O/c1-2-30-17-8-7-11(9-12(17)18(23)29-30)26-20-13(19(25)31)10-14(22)21(28-20)27-16-6-4-3-5-15(16)24/h7-10,15-16H,2-6,24H2,1H3,(H2,25,31)(H2,26,27,28)/t15-,16+/m1/s1. The molecule has 0 unspecified atom stereocenters. The molecule has 3 aromatic rings. The number of amides is 1. The molecule has 0 saturated heterocycles. The van der Waals surface area contributed by atoms with E-state index in [9.17, 15) is 13.6 Å². The maximum Gasteiger partial charge on any atom is 0.252 e. The number of primary amides is 1. The van der Waals surface area contributed by atoms with Gasteiger partial charge in [-0.25, -0.2) is 9.37 Å². The summed E-state index contributed by atoms with van der Waals surface area (Å²) in [5.74, 6) is -2.07. The lowest BCUT2D eigenvalue weighted by Crippen LogP contribution is -2.43. The normalized spacial score (nSPS) is 18.8. The third-order valence-electron chi connectivity index (χ3n) is 5.65. The van der Waals surface area contributed by atoms with Gasteiger partial charge in [0.25, 0.3) is 5.91 Å². The SMILES string of the molecule is CCn1nc(F)c2cc(Nc3nc(N[C@H]4CCCC[C@H]4N)c(F)cc3C(N)=O)ccc21. The Labute approximate surface area is 178 Å². The van der Waals surface area contributed by atoms with Crippen LogP contribution in [0.5, 0.6) is 0 Å². The summed E-state index contributed by atoms with van der Waals surface area (Å²) >= 11 is 0. The highest BCUT2D eigenvalue weighted by atomic mass is 19.1. The molecule has 10 heteroatoms. The maximum atomic E-state index is 14.7. The summed E-state index contributed by atoms with van der Waals surface area (Å²) < 4.78 is 30.4. The van der Waals surface area contributed by atoms with Crippen LogP contribution in [-0.4, -0.2) is 32.8 Å². The third-order valence-corrected chi connectivity index (χ3v) is 5.65. The topological polar surface area (TPSA) is 124 Å². The van der Waals surface area contributed by atoms with E-state index in [0.29, 0.717) is 23.1 Å². The molecule has 0 spiro atoms. The number of carbonyl (C=O) groups is 1. The molecule has 1 saturated carbocycles. The highest BCUT2D eigenvalue weighted by Gasteiger charge is 2.24. The van der Waals surface area contributed by atoms with Gasteiger partial charge in [-0.05, 0) is 44.0 Å². The first kappa shape index (κ1) is 21.0. The van der Waals surface area contributed by atoms with E-state index in [-0.39, 0.29) is 29.3 Å². The van der Waals surface area contributed by atoms with Gasteiger partial charge in [0.15, 0.2) is 11.6 Å². The van der Waals surface area contributed by atoms with E-state index in [4.69, 9.17) is 11.5 Å². The molecule has 1 aromatic carbocycles. The number of carbonyl (C=O) groups excluding carboxylic acids is 1. The number of benzene rings is 1. The molecule has 8 nitrogen and oxygen atoms in total. The van der Waals surface area contributed by atoms with Crippen LogP contribution in [0.2, 0.25) is 0 Å². The number of aromatic nitrogens is 3. The Balaban J connectivity index is 1.68. The molecule has 6 N–H and O–H groups in total. The fraction of sp³-hybridized carbons (Fsp3) is 0.381. The van der Waals surface area contributed by atoms with E-state index >= 15 is 0 Å². The van der Waals surface area contributed by atoms with E-state index in [2.05, 4.69) is 20.7 Å². The number of nitrogens with zero attached hydrogens (tertiary/aromatic N) is 3. The van der Waals surface area contributed by atoms with Crippen molar-refractivity contribution in [3.05, 3.63) is 41.6 Å². The van der Waals surface area contributed by atoms with Gasteiger partial charge in [0, 0.05) is 24.3 Å². The number of nitrogens with one attached hydrogen (secondary N) is 2. The Bertz CT molecular complexity index is 1130. The lowest BCUT2D eigenvalue weighted by Gasteiger charge is -2.30. The van der Waals surface area contributed by atoms with Crippen molar-refractivity contribution in [3.63, 3.8) is 0 Å². The number of fused-ring (bicyclic) bond motifs is 1. The Morgan fingerprint density at radius 2 is 2.00 bits per heavy atom. The molecular weight excluding hydrogens is 404 g/mol. The van der Waals surface area contributed by atoms with Gasteiger partial charge in [-0.2, -0.15) is 4.39 Å². The van der Waals surface area contributed by atoms with Crippen molar-refractivity contribution in [2.24, 2.45) is 11.5 Å². The average Bonchev–Trinajstić information content (AvgIpc) is 3.07. The Morgan fingerprint density at radius 3 is 2.71 bits per heavy atom. The summed E-state index contributed by atoms with van der Waals surface area (Å²) in [6, 6.07) is 5.79. The van der Waals surface area contributed by atoms with Crippen LogP contribution in [0.4, 0.5) is 26.1 Å². The summed E-state index contributed by atoms with van der Waals surface area (Å²) in [7, 11) is 0. The molecule has 2 aromatic heterocycles. The predicted molar refractivity (Wildman–Crippen MR) is 115 cm³/mol. The molecule has 0 bridgehead atoms. The summed E-state index contributed by atoms with van der Waals surface area (Å²) in [6.07, 6.45) is 3.69. The van der Waals surface area contributed by atoms with Crippen LogP contribution < -0.4 is 22.1 Å². The van der Waals surface area contributed by atoms with Crippen LogP contribution in [0.15, 0.2) is 24.3 Å². The van der Waals surface area contributed by atoms with Crippen molar-refractivity contribution in [2.45, 2.75) is 51.2 Å². The van der Waals surface area contributed by atoms with Crippen LogP contribution in [0.25, 0.3) is 10.9 Å². The molecule has 164 valence electrons. The number of hydrogen-bond acceptors (Lipinski definition) is 6. The Hall–Kier alpha value is -3.27. The van der Waals surface area contributed by atoms with E-state index in [1.807, 2.05) is 6.92 Å². The minimum atomic E-state index is -0.833. The van der Waals surface area contributed by atoms with Gasteiger partial charge in [-0.15, -0.1) is 5.10 Å². The van der Waals surface area contributed by atoms with Crippen molar-refractivity contribution in [2.75, 3.05) is 10.6 Å². The molecule has 0 aliphatic heterocycles. The highest BCUT2D eigenvalue weighted by Crippen LogP contribution is 2.28. The number of hydrogen-bond donors (Lipinski definition) is 4. The maximum absolute atomic E-state index is 14.7. The van der Waals surface area contributed by atoms with E-state index in [1.54, 1.807) is 22.9 Å². The molecular formula is C21H25F2N7O.